The maximum absolute atomic E-state index is 12.2. The van der Waals surface area contributed by atoms with Crippen molar-refractivity contribution in [2.75, 3.05) is 43.4 Å². The lowest BCUT2D eigenvalue weighted by molar-refractivity contribution is 0.101. The van der Waals surface area contributed by atoms with Crippen molar-refractivity contribution in [2.24, 2.45) is 0 Å². The number of likely N-dealkylation sites (N-methyl/N-ethyl adjacent to an activating group) is 1. The van der Waals surface area contributed by atoms with Gasteiger partial charge in [0.05, 0.1) is 18.1 Å². The van der Waals surface area contributed by atoms with Crippen LogP contribution in [0.25, 0.3) is 0 Å². The topological polar surface area (TPSA) is 87.4 Å². The normalized spacial score (nSPS) is 18.6. The van der Waals surface area contributed by atoms with Crippen molar-refractivity contribution >= 4 is 17.5 Å². The van der Waals surface area contributed by atoms with Crippen molar-refractivity contribution in [2.45, 2.75) is 18.8 Å². The number of amides is 1. The van der Waals surface area contributed by atoms with Gasteiger partial charge in [-0.1, -0.05) is 5.16 Å². The lowest BCUT2D eigenvalue weighted by atomic mass is 10.3. The van der Waals surface area contributed by atoms with Crippen molar-refractivity contribution < 1.29 is 9.32 Å². The molecule has 2 aromatic rings. The molecule has 0 aromatic carbocycles. The average Bonchev–Trinajstić information content (AvgIpc) is 3.33. The third kappa shape index (κ3) is 3.23. The Morgan fingerprint density at radius 2 is 1.92 bits per heavy atom. The molecule has 1 saturated heterocycles. The van der Waals surface area contributed by atoms with E-state index in [0.29, 0.717) is 23.2 Å². The van der Waals surface area contributed by atoms with Gasteiger partial charge in [-0.15, -0.1) is 0 Å². The molecule has 0 atom stereocenters. The highest BCUT2D eigenvalue weighted by atomic mass is 16.5. The monoisotopic (exact) mass is 328 g/mol. The van der Waals surface area contributed by atoms with Gasteiger partial charge in [-0.3, -0.25) is 4.79 Å². The third-order valence-electron chi connectivity index (χ3n) is 4.42. The van der Waals surface area contributed by atoms with Crippen LogP contribution < -0.4 is 10.2 Å². The standard InChI is InChI=1S/C16H20N6O2/c1-21-4-6-22(7-5-21)16-17-9-12(10-18-16)19-15(23)13-8-14(24-20-13)11-2-3-11/h8-11H,2-7H2,1H3,(H,19,23). The number of rotatable bonds is 4. The number of hydrogen-bond donors (Lipinski definition) is 1. The van der Waals surface area contributed by atoms with Crippen LogP contribution in [0, 0.1) is 0 Å². The second kappa shape index (κ2) is 6.20. The second-order valence-corrected chi connectivity index (χ2v) is 6.40. The number of aromatic nitrogens is 3. The maximum Gasteiger partial charge on any atom is 0.277 e. The van der Waals surface area contributed by atoms with Gasteiger partial charge in [0.2, 0.25) is 5.95 Å². The molecule has 2 fully saturated rings. The van der Waals surface area contributed by atoms with E-state index >= 15 is 0 Å². The van der Waals surface area contributed by atoms with Gasteiger partial charge in [0, 0.05) is 38.2 Å². The Labute approximate surface area is 139 Å². The Bertz CT molecular complexity index is 716. The molecule has 3 heterocycles. The van der Waals surface area contributed by atoms with Crippen molar-refractivity contribution in [3.05, 3.63) is 29.9 Å². The molecule has 4 rings (SSSR count). The van der Waals surface area contributed by atoms with Gasteiger partial charge in [0.25, 0.3) is 5.91 Å². The van der Waals surface area contributed by atoms with Gasteiger partial charge in [0.15, 0.2) is 5.69 Å². The van der Waals surface area contributed by atoms with E-state index in [1.165, 1.54) is 0 Å². The molecule has 8 nitrogen and oxygen atoms in total. The third-order valence-corrected chi connectivity index (χ3v) is 4.42. The van der Waals surface area contributed by atoms with Crippen molar-refractivity contribution in [3.8, 4) is 0 Å². The van der Waals surface area contributed by atoms with Gasteiger partial charge >= 0.3 is 0 Å². The molecule has 0 unspecified atom stereocenters. The summed E-state index contributed by atoms with van der Waals surface area (Å²) in [4.78, 5) is 25.3. The summed E-state index contributed by atoms with van der Waals surface area (Å²) in [6.45, 7) is 3.81. The van der Waals surface area contributed by atoms with E-state index in [4.69, 9.17) is 4.52 Å². The number of carbonyl (C=O) groups is 1. The Balaban J connectivity index is 1.38. The first-order valence-corrected chi connectivity index (χ1v) is 8.22. The van der Waals surface area contributed by atoms with Crippen LogP contribution in [0.2, 0.25) is 0 Å². The fraction of sp³-hybridized carbons (Fsp3) is 0.500. The molecule has 0 radical (unpaired) electrons. The Morgan fingerprint density at radius 3 is 2.58 bits per heavy atom. The molecule has 8 heteroatoms. The summed E-state index contributed by atoms with van der Waals surface area (Å²) in [5.41, 5.74) is 0.842. The van der Waals surface area contributed by atoms with E-state index in [9.17, 15) is 4.79 Å². The highest BCUT2D eigenvalue weighted by Crippen LogP contribution is 2.40. The van der Waals surface area contributed by atoms with Crippen LogP contribution in [0.1, 0.15) is 35.0 Å². The van der Waals surface area contributed by atoms with E-state index in [2.05, 4.69) is 37.3 Å². The zero-order valence-corrected chi connectivity index (χ0v) is 13.6. The van der Waals surface area contributed by atoms with Crippen LogP contribution in [0.15, 0.2) is 23.0 Å². The lowest BCUT2D eigenvalue weighted by Crippen LogP contribution is -2.45. The fourth-order valence-corrected chi connectivity index (χ4v) is 2.71. The molecule has 1 aliphatic heterocycles. The van der Waals surface area contributed by atoms with Gasteiger partial charge in [-0.05, 0) is 19.9 Å². The largest absolute Gasteiger partial charge is 0.360 e. The SMILES string of the molecule is CN1CCN(c2ncc(NC(=O)c3cc(C4CC4)on3)cn2)CC1. The summed E-state index contributed by atoms with van der Waals surface area (Å²) in [5.74, 6) is 1.62. The fourth-order valence-electron chi connectivity index (χ4n) is 2.71. The number of carbonyl (C=O) groups excluding carboxylic acids is 1. The molecule has 0 spiro atoms. The van der Waals surface area contributed by atoms with Gasteiger partial charge in [0.1, 0.15) is 5.76 Å². The van der Waals surface area contributed by atoms with Crippen molar-refractivity contribution in [1.29, 1.82) is 0 Å². The number of piperazine rings is 1. The lowest BCUT2D eigenvalue weighted by Gasteiger charge is -2.32. The van der Waals surface area contributed by atoms with E-state index < -0.39 is 0 Å². The van der Waals surface area contributed by atoms with Crippen LogP contribution in [0.4, 0.5) is 11.6 Å². The molecule has 0 bridgehead atoms. The first-order valence-electron chi connectivity index (χ1n) is 8.22. The van der Waals surface area contributed by atoms with Crippen LogP contribution in [0.3, 0.4) is 0 Å². The predicted octanol–water partition coefficient (Wildman–Crippen LogP) is 1.35. The van der Waals surface area contributed by atoms with E-state index in [0.717, 1.165) is 44.8 Å². The molecule has 1 saturated carbocycles. The van der Waals surface area contributed by atoms with Gasteiger partial charge in [-0.25, -0.2) is 9.97 Å². The summed E-state index contributed by atoms with van der Waals surface area (Å²) >= 11 is 0. The summed E-state index contributed by atoms with van der Waals surface area (Å²) in [6, 6.07) is 1.71. The van der Waals surface area contributed by atoms with Gasteiger partial charge in [-0.2, -0.15) is 0 Å². The predicted molar refractivity (Wildman–Crippen MR) is 88.2 cm³/mol. The molecule has 1 amide bonds. The summed E-state index contributed by atoms with van der Waals surface area (Å²) in [5, 5.41) is 6.59. The molecule has 1 aliphatic carbocycles. The minimum Gasteiger partial charge on any atom is -0.360 e. The van der Waals surface area contributed by atoms with E-state index in [1.807, 2.05) is 0 Å². The summed E-state index contributed by atoms with van der Waals surface area (Å²) in [7, 11) is 2.11. The van der Waals surface area contributed by atoms with Gasteiger partial charge < -0.3 is 19.6 Å². The molecule has 1 N–H and O–H groups in total. The number of anilines is 2. The number of nitrogens with zero attached hydrogens (tertiary/aromatic N) is 5. The van der Waals surface area contributed by atoms with Crippen LogP contribution >= 0.6 is 0 Å². The van der Waals surface area contributed by atoms with E-state index in [-0.39, 0.29) is 5.91 Å². The summed E-state index contributed by atoms with van der Waals surface area (Å²) < 4.78 is 5.20. The Hall–Kier alpha value is -2.48. The number of nitrogens with one attached hydrogen (secondary N) is 1. The minimum atomic E-state index is -0.304. The van der Waals surface area contributed by atoms with Crippen molar-refractivity contribution in [1.82, 2.24) is 20.0 Å². The molecule has 126 valence electrons. The first-order chi connectivity index (χ1) is 11.7. The zero-order valence-electron chi connectivity index (χ0n) is 13.6. The smallest absolute Gasteiger partial charge is 0.277 e. The minimum absolute atomic E-state index is 0.292. The van der Waals surface area contributed by atoms with Crippen LogP contribution in [-0.2, 0) is 0 Å². The second-order valence-electron chi connectivity index (χ2n) is 6.40. The molecule has 2 aliphatic rings. The Kier molecular flexibility index (Phi) is 3.89. The molecular formula is C16H20N6O2. The number of hydrogen-bond acceptors (Lipinski definition) is 7. The van der Waals surface area contributed by atoms with E-state index in [1.54, 1.807) is 18.5 Å². The Morgan fingerprint density at radius 1 is 1.21 bits per heavy atom. The quantitative estimate of drug-likeness (QED) is 0.906. The van der Waals surface area contributed by atoms with Crippen molar-refractivity contribution in [3.63, 3.8) is 0 Å². The molecule has 2 aromatic heterocycles. The van der Waals surface area contributed by atoms with Crippen LogP contribution in [-0.4, -0.2) is 59.2 Å². The maximum atomic E-state index is 12.2. The highest BCUT2D eigenvalue weighted by molar-refractivity contribution is 6.02. The first kappa shape index (κ1) is 15.1. The summed E-state index contributed by atoms with van der Waals surface area (Å²) in [6.07, 6.45) is 5.47. The molecule has 24 heavy (non-hydrogen) atoms. The highest BCUT2D eigenvalue weighted by Gasteiger charge is 2.29. The average molecular weight is 328 g/mol. The van der Waals surface area contributed by atoms with Crippen LogP contribution in [0.5, 0.6) is 0 Å². The zero-order chi connectivity index (χ0) is 16.5. The molecular weight excluding hydrogens is 308 g/mol.